The Bertz CT molecular complexity index is 431. The van der Waals surface area contributed by atoms with E-state index < -0.39 is 4.92 Å². The molecule has 0 aromatic carbocycles. The van der Waals surface area contributed by atoms with Gasteiger partial charge in [0.15, 0.2) is 0 Å². The predicted octanol–water partition coefficient (Wildman–Crippen LogP) is 2.20. The molecular formula is C11H18N4O2. The number of pyridine rings is 1. The number of nitrogens with two attached hydrogens (primary N) is 1. The fourth-order valence-electron chi connectivity index (χ4n) is 1.37. The smallest absolute Gasteiger partial charge is 0.311 e. The van der Waals surface area contributed by atoms with Crippen molar-refractivity contribution in [3.63, 3.8) is 0 Å². The number of hydrogen-bond acceptors (Lipinski definition) is 5. The number of rotatable bonds is 4. The molecule has 94 valence electrons. The molecule has 6 heteroatoms. The van der Waals surface area contributed by atoms with Crippen molar-refractivity contribution in [3.05, 3.63) is 22.2 Å². The first kappa shape index (κ1) is 13.2. The standard InChI is InChI=1S/C11H18N4O2/c1-5-11(2,3)14(4)10-8(15(16)17)6-7-9(12)13-10/h6-7H,5H2,1-4H3,(H2,12,13). The Labute approximate surface area is 101 Å². The second kappa shape index (κ2) is 4.57. The van der Waals surface area contributed by atoms with Crippen LogP contribution in [0, 0.1) is 10.1 Å². The highest BCUT2D eigenvalue weighted by Crippen LogP contribution is 2.31. The normalized spacial score (nSPS) is 11.3. The summed E-state index contributed by atoms with van der Waals surface area (Å²) in [5.41, 5.74) is 5.35. The molecule has 0 radical (unpaired) electrons. The minimum absolute atomic E-state index is 0.0248. The van der Waals surface area contributed by atoms with Gasteiger partial charge in [0.2, 0.25) is 5.82 Å². The summed E-state index contributed by atoms with van der Waals surface area (Å²) < 4.78 is 0. The van der Waals surface area contributed by atoms with Crippen LogP contribution in [0.15, 0.2) is 12.1 Å². The van der Waals surface area contributed by atoms with E-state index >= 15 is 0 Å². The molecule has 0 spiro atoms. The quantitative estimate of drug-likeness (QED) is 0.642. The Balaban J connectivity index is 3.29. The Kier molecular flexibility index (Phi) is 3.55. The lowest BCUT2D eigenvalue weighted by atomic mass is 10.00. The van der Waals surface area contributed by atoms with Crippen LogP contribution in [0.25, 0.3) is 0 Å². The Morgan fingerprint density at radius 2 is 2.12 bits per heavy atom. The van der Waals surface area contributed by atoms with Gasteiger partial charge >= 0.3 is 5.69 Å². The molecule has 17 heavy (non-hydrogen) atoms. The van der Waals surface area contributed by atoms with Gasteiger partial charge in [0.1, 0.15) is 5.82 Å². The largest absolute Gasteiger partial charge is 0.384 e. The number of hydrogen-bond donors (Lipinski definition) is 1. The maximum atomic E-state index is 11.0. The van der Waals surface area contributed by atoms with E-state index in [0.717, 1.165) is 6.42 Å². The van der Waals surface area contributed by atoms with E-state index in [1.807, 2.05) is 20.8 Å². The van der Waals surface area contributed by atoms with Crippen LogP contribution in [0.2, 0.25) is 0 Å². The molecular weight excluding hydrogens is 220 g/mol. The van der Waals surface area contributed by atoms with Crippen molar-refractivity contribution in [1.82, 2.24) is 4.98 Å². The van der Waals surface area contributed by atoms with Crippen LogP contribution >= 0.6 is 0 Å². The van der Waals surface area contributed by atoms with Gasteiger partial charge in [-0.3, -0.25) is 10.1 Å². The third-order valence-corrected chi connectivity index (χ3v) is 3.16. The van der Waals surface area contributed by atoms with Crippen LogP contribution in [0.5, 0.6) is 0 Å². The summed E-state index contributed by atoms with van der Waals surface area (Å²) in [4.78, 5) is 16.4. The van der Waals surface area contributed by atoms with Gasteiger partial charge in [0.05, 0.1) is 4.92 Å². The molecule has 0 fully saturated rings. The SMILES string of the molecule is CCC(C)(C)N(C)c1nc(N)ccc1[N+](=O)[O-]. The van der Waals surface area contributed by atoms with Gasteiger partial charge in [-0.15, -0.1) is 0 Å². The summed E-state index contributed by atoms with van der Waals surface area (Å²) in [6, 6.07) is 2.83. The number of nitro groups is 1. The number of nitrogens with zero attached hydrogens (tertiary/aromatic N) is 3. The lowest BCUT2D eigenvalue weighted by Gasteiger charge is -2.35. The van der Waals surface area contributed by atoms with Gasteiger partial charge in [0, 0.05) is 18.7 Å². The summed E-state index contributed by atoms with van der Waals surface area (Å²) in [5, 5.41) is 11.0. The summed E-state index contributed by atoms with van der Waals surface area (Å²) >= 11 is 0. The summed E-state index contributed by atoms with van der Waals surface area (Å²) in [6.07, 6.45) is 0.844. The van der Waals surface area contributed by atoms with E-state index in [1.54, 1.807) is 11.9 Å². The summed E-state index contributed by atoms with van der Waals surface area (Å²) in [6.45, 7) is 6.03. The summed E-state index contributed by atoms with van der Waals surface area (Å²) in [7, 11) is 1.79. The van der Waals surface area contributed by atoms with Gasteiger partial charge in [-0.2, -0.15) is 0 Å². The van der Waals surface area contributed by atoms with E-state index in [0.29, 0.717) is 5.82 Å². The first-order valence-corrected chi connectivity index (χ1v) is 5.44. The van der Waals surface area contributed by atoms with E-state index in [1.165, 1.54) is 12.1 Å². The molecule has 0 aliphatic rings. The number of anilines is 2. The maximum absolute atomic E-state index is 11.0. The van der Waals surface area contributed by atoms with Crippen molar-refractivity contribution in [1.29, 1.82) is 0 Å². The molecule has 6 nitrogen and oxygen atoms in total. The van der Waals surface area contributed by atoms with E-state index in [4.69, 9.17) is 5.73 Å². The van der Waals surface area contributed by atoms with Crippen molar-refractivity contribution in [2.75, 3.05) is 17.7 Å². The highest BCUT2D eigenvalue weighted by molar-refractivity contribution is 5.61. The van der Waals surface area contributed by atoms with Crippen LogP contribution in [0.1, 0.15) is 27.2 Å². The molecule has 0 amide bonds. The fourth-order valence-corrected chi connectivity index (χ4v) is 1.37. The third-order valence-electron chi connectivity index (χ3n) is 3.16. The molecule has 0 atom stereocenters. The topological polar surface area (TPSA) is 85.3 Å². The van der Waals surface area contributed by atoms with Crippen molar-refractivity contribution < 1.29 is 4.92 Å². The zero-order chi connectivity index (χ0) is 13.2. The molecule has 1 aromatic heterocycles. The van der Waals surface area contributed by atoms with Crippen LogP contribution in [-0.2, 0) is 0 Å². The lowest BCUT2D eigenvalue weighted by Crippen LogP contribution is -2.41. The van der Waals surface area contributed by atoms with Gasteiger partial charge in [0.25, 0.3) is 0 Å². The van der Waals surface area contributed by atoms with Gasteiger partial charge < -0.3 is 10.6 Å². The molecule has 1 aromatic rings. The molecule has 0 aliphatic heterocycles. The maximum Gasteiger partial charge on any atom is 0.311 e. The minimum atomic E-state index is -0.440. The second-order valence-electron chi connectivity index (χ2n) is 4.56. The Morgan fingerprint density at radius 3 is 2.59 bits per heavy atom. The highest BCUT2D eigenvalue weighted by Gasteiger charge is 2.28. The molecule has 0 saturated carbocycles. The van der Waals surface area contributed by atoms with Crippen LogP contribution in [-0.4, -0.2) is 22.5 Å². The van der Waals surface area contributed by atoms with Crippen molar-refractivity contribution in [2.45, 2.75) is 32.7 Å². The monoisotopic (exact) mass is 238 g/mol. The zero-order valence-electron chi connectivity index (χ0n) is 10.6. The van der Waals surface area contributed by atoms with E-state index in [9.17, 15) is 10.1 Å². The first-order chi connectivity index (χ1) is 7.79. The highest BCUT2D eigenvalue weighted by atomic mass is 16.6. The Morgan fingerprint density at radius 1 is 1.53 bits per heavy atom. The summed E-state index contributed by atoms with van der Waals surface area (Å²) in [5.74, 6) is 0.589. The molecule has 0 saturated heterocycles. The molecule has 0 bridgehead atoms. The van der Waals surface area contributed by atoms with Crippen molar-refractivity contribution in [2.24, 2.45) is 0 Å². The predicted molar refractivity (Wildman–Crippen MR) is 68.1 cm³/mol. The molecule has 1 heterocycles. The van der Waals surface area contributed by atoms with Crippen molar-refractivity contribution >= 4 is 17.3 Å². The van der Waals surface area contributed by atoms with Crippen LogP contribution < -0.4 is 10.6 Å². The third kappa shape index (κ3) is 2.64. The minimum Gasteiger partial charge on any atom is -0.384 e. The van der Waals surface area contributed by atoms with Gasteiger partial charge in [-0.25, -0.2) is 4.98 Å². The van der Waals surface area contributed by atoms with Crippen LogP contribution in [0.4, 0.5) is 17.3 Å². The van der Waals surface area contributed by atoms with Gasteiger partial charge in [-0.05, 0) is 26.3 Å². The fraction of sp³-hybridized carbons (Fsp3) is 0.545. The van der Waals surface area contributed by atoms with E-state index in [2.05, 4.69) is 4.98 Å². The van der Waals surface area contributed by atoms with E-state index in [-0.39, 0.29) is 17.0 Å². The lowest BCUT2D eigenvalue weighted by molar-refractivity contribution is -0.384. The second-order valence-corrected chi connectivity index (χ2v) is 4.56. The number of nitrogen functional groups attached to an aromatic ring is 1. The molecule has 1 rings (SSSR count). The first-order valence-electron chi connectivity index (χ1n) is 5.44. The molecule has 0 unspecified atom stereocenters. The Hall–Kier alpha value is -1.85. The van der Waals surface area contributed by atoms with Crippen LogP contribution in [0.3, 0.4) is 0 Å². The zero-order valence-corrected chi connectivity index (χ0v) is 10.6. The average molecular weight is 238 g/mol. The van der Waals surface area contributed by atoms with Gasteiger partial charge in [-0.1, -0.05) is 6.92 Å². The van der Waals surface area contributed by atoms with Crippen molar-refractivity contribution in [3.8, 4) is 0 Å². The molecule has 2 N–H and O–H groups in total. The number of aromatic nitrogens is 1. The average Bonchev–Trinajstić information content (AvgIpc) is 2.27. The molecule has 0 aliphatic carbocycles.